The number of carbonyl (C=O) groups is 1. The third kappa shape index (κ3) is 2.86. The van der Waals surface area contributed by atoms with Crippen LogP contribution in [-0.2, 0) is 4.79 Å². The fourth-order valence-corrected chi connectivity index (χ4v) is 3.98. The van der Waals surface area contributed by atoms with Crippen LogP contribution in [0.3, 0.4) is 0 Å². The van der Waals surface area contributed by atoms with Gasteiger partial charge in [-0.15, -0.1) is 0 Å². The molecular formula is C20H17NO3S. The quantitative estimate of drug-likeness (QED) is 0.731. The summed E-state index contributed by atoms with van der Waals surface area (Å²) < 4.78 is 5.19. The molecular weight excluding hydrogens is 334 g/mol. The molecule has 0 unspecified atom stereocenters. The van der Waals surface area contributed by atoms with E-state index in [0.29, 0.717) is 0 Å². The zero-order valence-corrected chi connectivity index (χ0v) is 14.4. The maximum absolute atomic E-state index is 12.5. The highest BCUT2D eigenvalue weighted by atomic mass is 32.2. The minimum atomic E-state index is -1.13. The smallest absolute Gasteiger partial charge is 0.224 e. The highest BCUT2D eigenvalue weighted by Crippen LogP contribution is 2.41. The molecule has 4 nitrogen and oxygen atoms in total. The number of anilines is 1. The van der Waals surface area contributed by atoms with Crippen molar-refractivity contribution in [2.75, 3.05) is 12.4 Å². The van der Waals surface area contributed by atoms with Crippen LogP contribution < -0.4 is 10.1 Å². The van der Waals surface area contributed by atoms with Gasteiger partial charge in [0.25, 0.3) is 0 Å². The van der Waals surface area contributed by atoms with E-state index >= 15 is 0 Å². The van der Waals surface area contributed by atoms with Crippen LogP contribution in [0.1, 0.15) is 11.6 Å². The molecule has 3 aromatic rings. The number of fused-ring (bicyclic) bond motifs is 3. The van der Waals surface area contributed by atoms with Gasteiger partial charge in [0, 0.05) is 10.3 Å². The van der Waals surface area contributed by atoms with Crippen molar-refractivity contribution in [1.82, 2.24) is 0 Å². The Morgan fingerprint density at radius 3 is 2.56 bits per heavy atom. The van der Waals surface area contributed by atoms with Crippen molar-refractivity contribution < 1.29 is 14.6 Å². The predicted molar refractivity (Wildman–Crippen MR) is 100 cm³/mol. The average Bonchev–Trinajstić information content (AvgIpc) is 2.79. The second-order valence-electron chi connectivity index (χ2n) is 5.92. The van der Waals surface area contributed by atoms with Crippen molar-refractivity contribution in [3.05, 3.63) is 66.2 Å². The molecule has 25 heavy (non-hydrogen) atoms. The normalized spacial score (nSPS) is 19.8. The van der Waals surface area contributed by atoms with E-state index in [1.165, 1.54) is 0 Å². The van der Waals surface area contributed by atoms with E-state index in [4.69, 9.17) is 4.74 Å². The Balaban J connectivity index is 1.83. The van der Waals surface area contributed by atoms with E-state index in [1.807, 2.05) is 60.7 Å². The lowest BCUT2D eigenvalue weighted by Gasteiger charge is -2.23. The van der Waals surface area contributed by atoms with Crippen LogP contribution >= 0.6 is 11.8 Å². The van der Waals surface area contributed by atoms with Crippen molar-refractivity contribution in [2.24, 2.45) is 0 Å². The van der Waals surface area contributed by atoms with Crippen molar-refractivity contribution in [3.8, 4) is 5.75 Å². The summed E-state index contributed by atoms with van der Waals surface area (Å²) in [6, 6.07) is 18.8. The van der Waals surface area contributed by atoms with Gasteiger partial charge in [0.05, 0.1) is 18.8 Å². The van der Waals surface area contributed by atoms with Crippen LogP contribution in [0.5, 0.6) is 5.75 Å². The Morgan fingerprint density at radius 1 is 1.04 bits per heavy atom. The number of carbonyl (C=O) groups excluding carboxylic acids is 1. The number of benzene rings is 3. The standard InChI is InChI=1S/C20H17NO3S/c1-24-14-9-6-13(7-10-14)17-19(22)20(23)25-16-11-8-12-4-2-3-5-15(12)18(16)21-17/h2-11,17,19,21-22H,1H3/t17-,19+/m1/s1. The van der Waals surface area contributed by atoms with Crippen molar-refractivity contribution in [2.45, 2.75) is 17.0 Å². The molecule has 0 saturated heterocycles. The molecule has 0 amide bonds. The molecule has 2 atom stereocenters. The van der Waals surface area contributed by atoms with E-state index in [9.17, 15) is 9.90 Å². The van der Waals surface area contributed by atoms with Gasteiger partial charge in [0.15, 0.2) is 0 Å². The topological polar surface area (TPSA) is 58.6 Å². The molecule has 3 aromatic carbocycles. The maximum atomic E-state index is 12.5. The van der Waals surface area contributed by atoms with Crippen molar-refractivity contribution in [1.29, 1.82) is 0 Å². The second-order valence-corrected chi connectivity index (χ2v) is 6.97. The van der Waals surface area contributed by atoms with Crippen LogP contribution in [0.25, 0.3) is 10.8 Å². The number of aliphatic hydroxyl groups excluding tert-OH is 1. The van der Waals surface area contributed by atoms with E-state index in [1.54, 1.807) is 7.11 Å². The van der Waals surface area contributed by atoms with Crippen molar-refractivity contribution >= 4 is 33.3 Å². The van der Waals surface area contributed by atoms with Gasteiger partial charge in [-0.1, -0.05) is 42.5 Å². The van der Waals surface area contributed by atoms with Crippen LogP contribution in [0.4, 0.5) is 5.69 Å². The van der Waals surface area contributed by atoms with Crippen molar-refractivity contribution in [3.63, 3.8) is 0 Å². The van der Waals surface area contributed by atoms with E-state index in [0.717, 1.165) is 44.4 Å². The highest BCUT2D eigenvalue weighted by molar-refractivity contribution is 8.14. The van der Waals surface area contributed by atoms with Gasteiger partial charge in [-0.05, 0) is 40.9 Å². The fourth-order valence-electron chi connectivity index (χ4n) is 3.10. The molecule has 126 valence electrons. The number of hydrogen-bond acceptors (Lipinski definition) is 5. The summed E-state index contributed by atoms with van der Waals surface area (Å²) in [4.78, 5) is 13.3. The summed E-state index contributed by atoms with van der Waals surface area (Å²) >= 11 is 1.09. The predicted octanol–water partition coefficient (Wildman–Crippen LogP) is 3.99. The van der Waals surface area contributed by atoms with E-state index in [-0.39, 0.29) is 5.12 Å². The van der Waals surface area contributed by atoms with Crippen LogP contribution in [0.2, 0.25) is 0 Å². The first-order chi connectivity index (χ1) is 12.2. The van der Waals surface area contributed by atoms with Crippen LogP contribution in [-0.4, -0.2) is 23.4 Å². The summed E-state index contributed by atoms with van der Waals surface area (Å²) in [6.45, 7) is 0. The van der Waals surface area contributed by atoms with Gasteiger partial charge in [-0.3, -0.25) is 4.79 Å². The molecule has 0 fully saturated rings. The van der Waals surface area contributed by atoms with Gasteiger partial charge in [-0.25, -0.2) is 0 Å². The second kappa shape index (κ2) is 6.43. The molecule has 0 bridgehead atoms. The first-order valence-corrected chi connectivity index (χ1v) is 8.81. The number of thioether (sulfide) groups is 1. The number of rotatable bonds is 2. The van der Waals surface area contributed by atoms with Gasteiger partial charge < -0.3 is 15.2 Å². The Labute approximate surface area is 149 Å². The monoisotopic (exact) mass is 351 g/mol. The summed E-state index contributed by atoms with van der Waals surface area (Å²) in [5.74, 6) is 0.735. The Kier molecular flexibility index (Phi) is 4.11. The summed E-state index contributed by atoms with van der Waals surface area (Å²) in [6.07, 6.45) is -1.13. The molecule has 0 saturated carbocycles. The minimum absolute atomic E-state index is 0.262. The number of ether oxygens (including phenoxy) is 1. The molecule has 5 heteroatoms. The molecule has 0 aromatic heterocycles. The largest absolute Gasteiger partial charge is 0.497 e. The van der Waals surface area contributed by atoms with Crippen LogP contribution in [0, 0.1) is 0 Å². The first-order valence-electron chi connectivity index (χ1n) is 7.99. The van der Waals surface area contributed by atoms with Gasteiger partial charge >= 0.3 is 0 Å². The third-order valence-corrected chi connectivity index (χ3v) is 5.44. The lowest BCUT2D eigenvalue weighted by molar-refractivity contribution is -0.118. The molecule has 1 aliphatic heterocycles. The molecule has 1 aliphatic rings. The molecule has 1 heterocycles. The Bertz CT molecular complexity index is 939. The van der Waals surface area contributed by atoms with Gasteiger partial charge in [0.2, 0.25) is 5.12 Å². The van der Waals surface area contributed by atoms with Gasteiger partial charge in [-0.2, -0.15) is 0 Å². The number of methoxy groups -OCH3 is 1. The summed E-state index contributed by atoms with van der Waals surface area (Å²) in [5, 5.41) is 15.8. The lowest BCUT2D eigenvalue weighted by atomic mass is 10.0. The zero-order valence-electron chi connectivity index (χ0n) is 13.6. The minimum Gasteiger partial charge on any atom is -0.497 e. The van der Waals surface area contributed by atoms with E-state index < -0.39 is 12.1 Å². The Morgan fingerprint density at radius 2 is 1.80 bits per heavy atom. The average molecular weight is 351 g/mol. The molecule has 4 rings (SSSR count). The SMILES string of the molecule is COc1ccc([C@H]2Nc3c(ccc4ccccc34)SC(=O)[C@H]2O)cc1. The zero-order chi connectivity index (χ0) is 17.4. The lowest BCUT2D eigenvalue weighted by Crippen LogP contribution is -2.29. The molecule has 0 aliphatic carbocycles. The highest BCUT2D eigenvalue weighted by Gasteiger charge is 2.33. The van der Waals surface area contributed by atoms with Crippen LogP contribution in [0.15, 0.2) is 65.6 Å². The molecule has 0 radical (unpaired) electrons. The number of hydrogen-bond donors (Lipinski definition) is 2. The van der Waals surface area contributed by atoms with E-state index in [2.05, 4.69) is 5.32 Å². The molecule has 2 N–H and O–H groups in total. The summed E-state index contributed by atoms with van der Waals surface area (Å²) in [7, 11) is 1.61. The number of aliphatic hydroxyl groups is 1. The Hall–Kier alpha value is -2.50. The fraction of sp³-hybridized carbons (Fsp3) is 0.150. The summed E-state index contributed by atoms with van der Waals surface area (Å²) in [5.41, 5.74) is 1.72. The number of nitrogens with one attached hydrogen (secondary N) is 1. The first kappa shape index (κ1) is 16.0. The molecule has 0 spiro atoms. The third-order valence-electron chi connectivity index (χ3n) is 4.43. The van der Waals surface area contributed by atoms with Gasteiger partial charge in [0.1, 0.15) is 11.9 Å². The maximum Gasteiger partial charge on any atom is 0.224 e.